The van der Waals surface area contributed by atoms with E-state index in [-0.39, 0.29) is 12.4 Å². The average molecular weight is 204 g/mol. The van der Waals surface area contributed by atoms with Gasteiger partial charge in [-0.05, 0) is 24.6 Å². The lowest BCUT2D eigenvalue weighted by Gasteiger charge is -2.11. The second kappa shape index (κ2) is 4.56. The fourth-order valence-corrected chi connectivity index (χ4v) is 1.27. The van der Waals surface area contributed by atoms with Crippen LogP contribution in [0.4, 0.5) is 4.39 Å². The predicted octanol–water partition coefficient (Wildman–Crippen LogP) is 1.86. The minimum Gasteiger partial charge on any atom is -0.396 e. The highest BCUT2D eigenvalue weighted by atomic mass is 35.5. The van der Waals surface area contributed by atoms with Crippen molar-refractivity contribution >= 4 is 11.6 Å². The molecule has 0 unspecified atom stereocenters. The Bertz CT molecular complexity index is 293. The van der Waals surface area contributed by atoms with Crippen molar-refractivity contribution in [2.45, 2.75) is 12.5 Å². The van der Waals surface area contributed by atoms with Gasteiger partial charge in [-0.15, -0.1) is 0 Å². The average Bonchev–Trinajstić information content (AvgIpc) is 2.09. The third-order valence-corrected chi connectivity index (χ3v) is 2.03. The number of nitrogens with two attached hydrogens (primary N) is 1. The molecule has 0 aliphatic heterocycles. The molecular weight excluding hydrogens is 193 g/mol. The first-order chi connectivity index (χ1) is 6.15. The molecule has 3 N–H and O–H groups in total. The summed E-state index contributed by atoms with van der Waals surface area (Å²) in [4.78, 5) is 0. The van der Waals surface area contributed by atoms with Crippen LogP contribution in [0, 0.1) is 5.82 Å². The summed E-state index contributed by atoms with van der Waals surface area (Å²) < 4.78 is 13.1. The van der Waals surface area contributed by atoms with E-state index in [2.05, 4.69) is 0 Å². The van der Waals surface area contributed by atoms with Gasteiger partial charge in [0.1, 0.15) is 5.82 Å². The third kappa shape index (κ3) is 2.66. The molecule has 0 heterocycles. The van der Waals surface area contributed by atoms with Crippen molar-refractivity contribution in [3.05, 3.63) is 34.6 Å². The summed E-state index contributed by atoms with van der Waals surface area (Å²) in [6.45, 7) is -0.0624. The van der Waals surface area contributed by atoms with Crippen LogP contribution in [0.15, 0.2) is 18.2 Å². The predicted molar refractivity (Wildman–Crippen MR) is 50.0 cm³/mol. The Kier molecular flexibility index (Phi) is 3.66. The van der Waals surface area contributed by atoms with Crippen LogP contribution in [-0.2, 0) is 0 Å². The van der Waals surface area contributed by atoms with Crippen molar-refractivity contribution in [2.24, 2.45) is 5.73 Å². The Hall–Kier alpha value is -0.640. The van der Waals surface area contributed by atoms with E-state index in [1.807, 2.05) is 0 Å². The van der Waals surface area contributed by atoms with E-state index in [4.69, 9.17) is 22.4 Å². The molecule has 4 heteroatoms. The summed E-state index contributed by atoms with van der Waals surface area (Å²) in [5.74, 6) is -0.384. The SMILES string of the molecule is N[C@H](CCO)c1cc(Cl)ccc1F. The van der Waals surface area contributed by atoms with Gasteiger partial charge < -0.3 is 10.8 Å². The Labute approximate surface area is 81.1 Å². The van der Waals surface area contributed by atoms with Crippen LogP contribution in [-0.4, -0.2) is 11.7 Å². The van der Waals surface area contributed by atoms with Crippen LogP contribution in [0.5, 0.6) is 0 Å². The first-order valence-electron chi connectivity index (χ1n) is 3.96. The number of hydrogen-bond acceptors (Lipinski definition) is 2. The van der Waals surface area contributed by atoms with Crippen molar-refractivity contribution < 1.29 is 9.50 Å². The normalized spacial score (nSPS) is 12.9. The first kappa shape index (κ1) is 10.4. The number of aliphatic hydroxyl groups is 1. The van der Waals surface area contributed by atoms with Crippen molar-refractivity contribution in [3.8, 4) is 0 Å². The van der Waals surface area contributed by atoms with Gasteiger partial charge in [-0.2, -0.15) is 0 Å². The van der Waals surface area contributed by atoms with E-state index in [9.17, 15) is 4.39 Å². The molecule has 0 fully saturated rings. The molecule has 0 bridgehead atoms. The molecule has 0 amide bonds. The summed E-state index contributed by atoms with van der Waals surface area (Å²) in [5.41, 5.74) is 5.97. The summed E-state index contributed by atoms with van der Waals surface area (Å²) in [6.07, 6.45) is 0.331. The van der Waals surface area contributed by atoms with E-state index in [0.717, 1.165) is 0 Å². The third-order valence-electron chi connectivity index (χ3n) is 1.80. The molecule has 1 atom stereocenters. The Morgan fingerprint density at radius 1 is 1.54 bits per heavy atom. The van der Waals surface area contributed by atoms with Gasteiger partial charge in [0.05, 0.1) is 0 Å². The fourth-order valence-electron chi connectivity index (χ4n) is 1.09. The first-order valence-corrected chi connectivity index (χ1v) is 4.34. The maximum atomic E-state index is 13.1. The zero-order valence-corrected chi connectivity index (χ0v) is 7.76. The van der Waals surface area contributed by atoms with Gasteiger partial charge in [0.15, 0.2) is 0 Å². The molecule has 0 aromatic heterocycles. The van der Waals surface area contributed by atoms with Crippen LogP contribution >= 0.6 is 11.6 Å². The van der Waals surface area contributed by atoms with E-state index < -0.39 is 6.04 Å². The van der Waals surface area contributed by atoms with Crippen LogP contribution in [0.3, 0.4) is 0 Å². The van der Waals surface area contributed by atoms with Gasteiger partial charge in [0, 0.05) is 23.2 Å². The topological polar surface area (TPSA) is 46.2 Å². The van der Waals surface area contributed by atoms with E-state index in [0.29, 0.717) is 17.0 Å². The maximum absolute atomic E-state index is 13.1. The van der Waals surface area contributed by atoms with Crippen LogP contribution in [0.1, 0.15) is 18.0 Å². The molecule has 13 heavy (non-hydrogen) atoms. The quantitative estimate of drug-likeness (QED) is 0.788. The zero-order chi connectivity index (χ0) is 9.84. The molecule has 0 spiro atoms. The van der Waals surface area contributed by atoms with Crippen molar-refractivity contribution in [2.75, 3.05) is 6.61 Å². The fraction of sp³-hybridized carbons (Fsp3) is 0.333. The van der Waals surface area contributed by atoms with Crippen LogP contribution < -0.4 is 5.73 Å². The molecule has 2 nitrogen and oxygen atoms in total. The molecule has 0 saturated heterocycles. The highest BCUT2D eigenvalue weighted by molar-refractivity contribution is 6.30. The largest absolute Gasteiger partial charge is 0.396 e. The van der Waals surface area contributed by atoms with Gasteiger partial charge in [-0.25, -0.2) is 4.39 Å². The Morgan fingerprint density at radius 3 is 2.85 bits per heavy atom. The van der Waals surface area contributed by atoms with Gasteiger partial charge in [0.2, 0.25) is 0 Å². The molecule has 72 valence electrons. The van der Waals surface area contributed by atoms with Crippen molar-refractivity contribution in [1.82, 2.24) is 0 Å². The number of hydrogen-bond donors (Lipinski definition) is 2. The van der Waals surface area contributed by atoms with Gasteiger partial charge in [-0.3, -0.25) is 0 Å². The molecule has 0 saturated carbocycles. The summed E-state index contributed by atoms with van der Waals surface area (Å²) in [6, 6.07) is 3.72. The molecule has 1 aromatic rings. The lowest BCUT2D eigenvalue weighted by atomic mass is 10.0. The number of halogens is 2. The highest BCUT2D eigenvalue weighted by Gasteiger charge is 2.10. The minimum atomic E-state index is -0.497. The number of aliphatic hydroxyl groups excluding tert-OH is 1. The molecule has 0 radical (unpaired) electrons. The Morgan fingerprint density at radius 2 is 2.23 bits per heavy atom. The van der Waals surface area contributed by atoms with Gasteiger partial charge in [-0.1, -0.05) is 11.6 Å². The van der Waals surface area contributed by atoms with Crippen molar-refractivity contribution in [1.29, 1.82) is 0 Å². The standard InChI is InChI=1S/C9H11ClFNO/c10-6-1-2-8(11)7(5-6)9(12)3-4-13/h1-2,5,9,13H,3-4,12H2/t9-/m1/s1. The van der Waals surface area contributed by atoms with Crippen molar-refractivity contribution in [3.63, 3.8) is 0 Å². The zero-order valence-electron chi connectivity index (χ0n) is 7.00. The highest BCUT2D eigenvalue weighted by Crippen LogP contribution is 2.21. The second-order valence-corrected chi connectivity index (χ2v) is 3.22. The minimum absolute atomic E-state index is 0.0624. The summed E-state index contributed by atoms with van der Waals surface area (Å²) in [5, 5.41) is 9.07. The lowest BCUT2D eigenvalue weighted by molar-refractivity contribution is 0.275. The molecular formula is C9H11ClFNO. The lowest BCUT2D eigenvalue weighted by Crippen LogP contribution is -2.13. The molecule has 1 aromatic carbocycles. The van der Waals surface area contributed by atoms with Gasteiger partial charge in [0.25, 0.3) is 0 Å². The smallest absolute Gasteiger partial charge is 0.128 e. The van der Waals surface area contributed by atoms with E-state index in [1.54, 1.807) is 0 Å². The summed E-state index contributed by atoms with van der Waals surface area (Å²) in [7, 11) is 0. The van der Waals surface area contributed by atoms with Gasteiger partial charge >= 0.3 is 0 Å². The summed E-state index contributed by atoms with van der Waals surface area (Å²) >= 11 is 5.68. The molecule has 0 aliphatic carbocycles. The van der Waals surface area contributed by atoms with E-state index >= 15 is 0 Å². The Balaban J connectivity index is 2.91. The second-order valence-electron chi connectivity index (χ2n) is 2.78. The van der Waals surface area contributed by atoms with Crippen LogP contribution in [0.25, 0.3) is 0 Å². The number of rotatable bonds is 3. The van der Waals surface area contributed by atoms with E-state index in [1.165, 1.54) is 18.2 Å². The monoisotopic (exact) mass is 203 g/mol. The number of benzene rings is 1. The molecule has 0 aliphatic rings. The maximum Gasteiger partial charge on any atom is 0.128 e. The van der Waals surface area contributed by atoms with Crippen LogP contribution in [0.2, 0.25) is 5.02 Å². The molecule has 1 rings (SSSR count).